The molecule has 1 N–H and O–H groups in total. The Labute approximate surface area is 143 Å². The van der Waals surface area contributed by atoms with Crippen LogP contribution in [0.15, 0.2) is 42.6 Å². The van der Waals surface area contributed by atoms with Gasteiger partial charge in [-0.1, -0.05) is 17.7 Å². The monoisotopic (exact) mass is 341 g/mol. The van der Waals surface area contributed by atoms with Crippen molar-refractivity contribution in [2.24, 2.45) is 0 Å². The molecule has 0 aliphatic heterocycles. The van der Waals surface area contributed by atoms with Gasteiger partial charge in [-0.2, -0.15) is 5.26 Å². The summed E-state index contributed by atoms with van der Waals surface area (Å²) in [4.78, 5) is 4.15. The van der Waals surface area contributed by atoms with Crippen LogP contribution in [-0.2, 0) is 6.42 Å². The highest BCUT2D eigenvalue weighted by atomic mass is 35.5. The average Bonchev–Trinajstić information content (AvgIpc) is 2.95. The number of anilines is 2. The molecular formula is C17H13ClFN5. The summed E-state index contributed by atoms with van der Waals surface area (Å²) in [6.45, 7) is 1.87. The van der Waals surface area contributed by atoms with Gasteiger partial charge in [-0.05, 0) is 31.2 Å². The predicted octanol–water partition coefficient (Wildman–Crippen LogP) is 4.18. The van der Waals surface area contributed by atoms with E-state index < -0.39 is 5.82 Å². The zero-order chi connectivity index (χ0) is 17.1. The van der Waals surface area contributed by atoms with Gasteiger partial charge in [-0.25, -0.2) is 9.07 Å². The van der Waals surface area contributed by atoms with Gasteiger partial charge in [0.2, 0.25) is 0 Å². The Morgan fingerprint density at radius 2 is 2.17 bits per heavy atom. The van der Waals surface area contributed by atoms with Gasteiger partial charge in [0, 0.05) is 18.0 Å². The fourth-order valence-electron chi connectivity index (χ4n) is 2.31. The predicted molar refractivity (Wildman–Crippen MR) is 90.1 cm³/mol. The first-order valence-corrected chi connectivity index (χ1v) is 7.56. The molecule has 2 aromatic heterocycles. The topological polar surface area (TPSA) is 66.5 Å². The molecule has 0 saturated carbocycles. The second-order valence-electron chi connectivity index (χ2n) is 5.15. The molecule has 0 fully saturated rings. The number of rotatable bonds is 4. The van der Waals surface area contributed by atoms with Crippen molar-refractivity contribution in [3.63, 3.8) is 0 Å². The van der Waals surface area contributed by atoms with E-state index in [0.717, 1.165) is 11.4 Å². The maximum absolute atomic E-state index is 14.0. The van der Waals surface area contributed by atoms with Gasteiger partial charge in [0.25, 0.3) is 0 Å². The first-order chi connectivity index (χ1) is 11.6. The van der Waals surface area contributed by atoms with E-state index in [4.69, 9.17) is 16.9 Å². The first-order valence-electron chi connectivity index (χ1n) is 7.18. The Morgan fingerprint density at radius 1 is 1.33 bits per heavy atom. The fraction of sp³-hybridized carbons (Fsp3) is 0.118. The molecule has 0 atom stereocenters. The van der Waals surface area contributed by atoms with E-state index in [1.807, 2.05) is 13.0 Å². The van der Waals surface area contributed by atoms with E-state index in [-0.39, 0.29) is 17.1 Å². The number of aromatic nitrogens is 3. The molecule has 3 aromatic rings. The number of hydrogen-bond donors (Lipinski definition) is 1. The lowest BCUT2D eigenvalue weighted by Crippen LogP contribution is -2.03. The number of nitriles is 1. The molecule has 0 saturated heterocycles. The molecule has 0 aliphatic rings. The van der Waals surface area contributed by atoms with Crippen molar-refractivity contribution in [3.8, 4) is 11.8 Å². The standard InChI is InChI=1S/C17H13ClFN5/c1-11-9-13(6-8-21-11)24-12(5-7-20)10-16(23-24)22-15-4-2-3-14(18)17(15)19/h2-4,6,8-10H,5H2,1H3,(H,22,23). The van der Waals surface area contributed by atoms with Gasteiger partial charge < -0.3 is 5.32 Å². The number of pyridine rings is 1. The van der Waals surface area contributed by atoms with Crippen molar-refractivity contribution in [2.75, 3.05) is 5.32 Å². The summed E-state index contributed by atoms with van der Waals surface area (Å²) in [7, 11) is 0. The number of benzene rings is 1. The number of nitrogens with one attached hydrogen (secondary N) is 1. The summed E-state index contributed by atoms with van der Waals surface area (Å²) in [5, 5.41) is 16.4. The Hall–Kier alpha value is -2.91. The number of aryl methyl sites for hydroxylation is 1. The SMILES string of the molecule is Cc1cc(-n2nc(Nc3cccc(Cl)c3F)cc2CC#N)ccn1. The molecule has 0 amide bonds. The summed E-state index contributed by atoms with van der Waals surface area (Å²) in [6, 6.07) is 12.2. The van der Waals surface area contributed by atoms with E-state index in [9.17, 15) is 4.39 Å². The van der Waals surface area contributed by atoms with Crippen LogP contribution in [0.3, 0.4) is 0 Å². The second kappa shape index (κ2) is 6.69. The molecular weight excluding hydrogens is 329 g/mol. The van der Waals surface area contributed by atoms with Gasteiger partial charge in [0.1, 0.15) is 0 Å². The molecule has 0 bridgehead atoms. The highest BCUT2D eigenvalue weighted by Gasteiger charge is 2.12. The molecule has 24 heavy (non-hydrogen) atoms. The third-order valence-corrected chi connectivity index (χ3v) is 3.67. The second-order valence-corrected chi connectivity index (χ2v) is 5.56. The summed E-state index contributed by atoms with van der Waals surface area (Å²) in [5.41, 5.74) is 2.53. The van der Waals surface area contributed by atoms with E-state index in [1.165, 1.54) is 6.07 Å². The van der Waals surface area contributed by atoms with Crippen molar-refractivity contribution >= 4 is 23.1 Å². The number of nitrogens with zero attached hydrogens (tertiary/aromatic N) is 4. The van der Waals surface area contributed by atoms with Crippen molar-refractivity contribution in [1.82, 2.24) is 14.8 Å². The minimum Gasteiger partial charge on any atom is -0.336 e. The molecule has 0 aliphatic carbocycles. The van der Waals surface area contributed by atoms with Crippen LogP contribution in [0.5, 0.6) is 0 Å². The maximum Gasteiger partial charge on any atom is 0.165 e. The van der Waals surface area contributed by atoms with E-state index in [2.05, 4.69) is 21.5 Å². The van der Waals surface area contributed by atoms with Crippen LogP contribution in [0, 0.1) is 24.1 Å². The smallest absolute Gasteiger partial charge is 0.165 e. The van der Waals surface area contributed by atoms with Gasteiger partial charge in [0.05, 0.1) is 34.6 Å². The van der Waals surface area contributed by atoms with Crippen molar-refractivity contribution in [2.45, 2.75) is 13.3 Å². The van der Waals surface area contributed by atoms with Gasteiger partial charge in [0.15, 0.2) is 11.6 Å². The van der Waals surface area contributed by atoms with E-state index in [0.29, 0.717) is 11.5 Å². The first kappa shape index (κ1) is 16.0. The van der Waals surface area contributed by atoms with Crippen LogP contribution in [0.4, 0.5) is 15.9 Å². The number of halogens is 2. The van der Waals surface area contributed by atoms with E-state index >= 15 is 0 Å². The normalized spacial score (nSPS) is 10.4. The van der Waals surface area contributed by atoms with Crippen LogP contribution >= 0.6 is 11.6 Å². The number of hydrogen-bond acceptors (Lipinski definition) is 4. The van der Waals surface area contributed by atoms with Crippen molar-refractivity contribution < 1.29 is 4.39 Å². The molecule has 2 heterocycles. The highest BCUT2D eigenvalue weighted by molar-refractivity contribution is 6.31. The van der Waals surface area contributed by atoms with Crippen molar-refractivity contribution in [3.05, 3.63) is 64.8 Å². The summed E-state index contributed by atoms with van der Waals surface area (Å²) in [5.74, 6) is -0.119. The van der Waals surface area contributed by atoms with Crippen LogP contribution < -0.4 is 5.32 Å². The van der Waals surface area contributed by atoms with Gasteiger partial charge in [-0.3, -0.25) is 4.98 Å². The lowest BCUT2D eigenvalue weighted by molar-refractivity contribution is 0.632. The average molecular weight is 342 g/mol. The van der Waals surface area contributed by atoms with Gasteiger partial charge in [-0.15, -0.1) is 5.10 Å². The lowest BCUT2D eigenvalue weighted by Gasteiger charge is -2.06. The van der Waals surface area contributed by atoms with Crippen LogP contribution in [0.25, 0.3) is 5.69 Å². The van der Waals surface area contributed by atoms with Gasteiger partial charge >= 0.3 is 0 Å². The summed E-state index contributed by atoms with van der Waals surface area (Å²) in [6.07, 6.45) is 1.85. The molecule has 120 valence electrons. The summed E-state index contributed by atoms with van der Waals surface area (Å²) < 4.78 is 15.7. The largest absolute Gasteiger partial charge is 0.336 e. The zero-order valence-electron chi connectivity index (χ0n) is 12.8. The van der Waals surface area contributed by atoms with Crippen LogP contribution in [0.2, 0.25) is 5.02 Å². The maximum atomic E-state index is 14.0. The lowest BCUT2D eigenvalue weighted by atomic mass is 10.3. The van der Waals surface area contributed by atoms with Crippen molar-refractivity contribution in [1.29, 1.82) is 5.26 Å². The van der Waals surface area contributed by atoms with E-state index in [1.54, 1.807) is 35.1 Å². The third kappa shape index (κ3) is 3.21. The Balaban J connectivity index is 2.00. The van der Waals surface area contributed by atoms with Crippen LogP contribution in [-0.4, -0.2) is 14.8 Å². The minimum atomic E-state index is -0.546. The minimum absolute atomic E-state index is 0.0291. The Bertz CT molecular complexity index is 929. The molecule has 5 nitrogen and oxygen atoms in total. The Kier molecular flexibility index (Phi) is 4.45. The molecule has 0 radical (unpaired) electrons. The Morgan fingerprint density at radius 3 is 2.92 bits per heavy atom. The molecule has 1 aromatic carbocycles. The molecule has 3 rings (SSSR count). The molecule has 0 unspecified atom stereocenters. The van der Waals surface area contributed by atoms with Crippen LogP contribution in [0.1, 0.15) is 11.4 Å². The highest BCUT2D eigenvalue weighted by Crippen LogP contribution is 2.26. The molecule has 7 heteroatoms. The zero-order valence-corrected chi connectivity index (χ0v) is 13.5. The molecule has 0 spiro atoms. The quantitative estimate of drug-likeness (QED) is 0.773. The third-order valence-electron chi connectivity index (χ3n) is 3.38. The fourth-order valence-corrected chi connectivity index (χ4v) is 2.49. The summed E-state index contributed by atoms with van der Waals surface area (Å²) >= 11 is 5.79.